The van der Waals surface area contributed by atoms with Crippen LogP contribution in [0, 0.1) is 0 Å². The van der Waals surface area contributed by atoms with Crippen molar-refractivity contribution in [2.24, 2.45) is 0 Å². The lowest BCUT2D eigenvalue weighted by Gasteiger charge is -2.27. The van der Waals surface area contributed by atoms with Crippen molar-refractivity contribution in [2.75, 3.05) is 4.90 Å². The van der Waals surface area contributed by atoms with Crippen LogP contribution in [0.25, 0.3) is 103 Å². The Balaban J connectivity index is 0.909. The van der Waals surface area contributed by atoms with Crippen LogP contribution in [-0.2, 0) is 0 Å². The van der Waals surface area contributed by atoms with Gasteiger partial charge in [0, 0.05) is 69.9 Å². The number of aromatic nitrogens is 3. The molecule has 13 rings (SSSR count). The molecule has 0 aliphatic carbocycles. The molecule has 3 aromatic heterocycles. The van der Waals surface area contributed by atoms with Gasteiger partial charge in [0.15, 0.2) is 5.82 Å². The fraction of sp³-hybridized carbons (Fsp3) is 0. The molecule has 0 spiro atoms. The highest BCUT2D eigenvalue weighted by atomic mass is 32.1. The summed E-state index contributed by atoms with van der Waals surface area (Å²) in [6.07, 6.45) is 0. The molecule has 0 bridgehead atoms. The average molecular weight is 847 g/mol. The van der Waals surface area contributed by atoms with Crippen LogP contribution in [0.1, 0.15) is 0 Å². The van der Waals surface area contributed by atoms with Crippen molar-refractivity contribution in [3.8, 4) is 39.5 Å². The van der Waals surface area contributed by atoms with Crippen LogP contribution in [0.3, 0.4) is 0 Å². The fourth-order valence-electron chi connectivity index (χ4n) is 9.72. The number of anilines is 3. The molecule has 0 aliphatic rings. The van der Waals surface area contributed by atoms with Crippen LogP contribution in [0.5, 0.6) is 0 Å². The van der Waals surface area contributed by atoms with E-state index in [1.54, 1.807) is 0 Å². The third-order valence-electron chi connectivity index (χ3n) is 12.8. The molecule has 0 unspecified atom stereocenters. The van der Waals surface area contributed by atoms with Crippen LogP contribution in [0.4, 0.5) is 17.1 Å². The summed E-state index contributed by atoms with van der Waals surface area (Å²) in [5.41, 5.74) is 13.0. The molecule has 0 radical (unpaired) electrons. The summed E-state index contributed by atoms with van der Waals surface area (Å²) >= 11 is 1.85. The highest BCUT2D eigenvalue weighted by molar-refractivity contribution is 7.25. The SMILES string of the molecule is c1ccc(-c2nc(-c3cccc(-c4ccc5c(c4)c4ccccc4n5-c4ccc(N(c5ccc6sc7ccccc7c6c5)c5cccc6ccccc56)cc4)c3)nc3ccccc23)cc1. The first-order chi connectivity index (χ1) is 32.2. The minimum Gasteiger partial charge on any atom is -0.310 e. The number of hydrogen-bond acceptors (Lipinski definition) is 4. The Morgan fingerprint density at radius 2 is 1.02 bits per heavy atom. The van der Waals surface area contributed by atoms with Gasteiger partial charge in [0.25, 0.3) is 0 Å². The van der Waals surface area contributed by atoms with Gasteiger partial charge in [-0.2, -0.15) is 0 Å². The molecule has 304 valence electrons. The predicted octanol–water partition coefficient (Wildman–Crippen LogP) is 16.7. The lowest BCUT2D eigenvalue weighted by molar-refractivity contribution is 1.17. The largest absolute Gasteiger partial charge is 0.310 e. The third kappa shape index (κ3) is 6.28. The first kappa shape index (κ1) is 37.2. The second-order valence-corrected chi connectivity index (χ2v) is 17.7. The van der Waals surface area contributed by atoms with Gasteiger partial charge in [-0.05, 0) is 101 Å². The highest BCUT2D eigenvalue weighted by Gasteiger charge is 2.19. The normalized spacial score (nSPS) is 11.7. The average Bonchev–Trinajstić information content (AvgIpc) is 3.92. The standard InChI is InChI=1S/C60H38N4S/c1-2-15-40(16-3-1)59-50-23-6-9-24-53(50)61-60(62-59)43-19-12-18-41(36-43)42-28-34-56-51(37-42)48-21-7-10-25-55(48)64(56)45-31-29-44(30-32-45)63(54-26-13-17-39-14-4-5-20-47(39)54)46-33-35-58-52(38-46)49-22-8-11-27-57(49)65-58/h1-38H. The number of hydrogen-bond donors (Lipinski definition) is 0. The number of para-hydroxylation sites is 2. The molecule has 0 fully saturated rings. The first-order valence-corrected chi connectivity index (χ1v) is 22.8. The van der Waals surface area contributed by atoms with E-state index in [2.05, 4.69) is 228 Å². The van der Waals surface area contributed by atoms with E-state index in [0.29, 0.717) is 5.82 Å². The molecule has 4 nitrogen and oxygen atoms in total. The molecular formula is C60H38N4S. The van der Waals surface area contributed by atoms with Gasteiger partial charge in [0.2, 0.25) is 0 Å². The summed E-state index contributed by atoms with van der Waals surface area (Å²) in [6.45, 7) is 0. The minimum atomic E-state index is 0.713. The third-order valence-corrected chi connectivity index (χ3v) is 13.9. The van der Waals surface area contributed by atoms with Gasteiger partial charge < -0.3 is 9.47 Å². The molecule has 0 saturated carbocycles. The highest BCUT2D eigenvalue weighted by Crippen LogP contribution is 2.44. The molecule has 3 heterocycles. The van der Waals surface area contributed by atoms with Crippen molar-refractivity contribution in [3.63, 3.8) is 0 Å². The summed E-state index contributed by atoms with van der Waals surface area (Å²) in [4.78, 5) is 12.6. The topological polar surface area (TPSA) is 34.0 Å². The van der Waals surface area contributed by atoms with E-state index in [1.165, 1.54) is 47.2 Å². The van der Waals surface area contributed by atoms with E-state index in [0.717, 1.165) is 67.1 Å². The monoisotopic (exact) mass is 846 g/mol. The van der Waals surface area contributed by atoms with Gasteiger partial charge in [-0.1, -0.05) is 146 Å². The fourth-order valence-corrected chi connectivity index (χ4v) is 10.8. The number of benzene rings is 10. The van der Waals surface area contributed by atoms with E-state index in [4.69, 9.17) is 9.97 Å². The van der Waals surface area contributed by atoms with Gasteiger partial charge in [0.05, 0.1) is 27.9 Å². The Labute approximate surface area is 379 Å². The van der Waals surface area contributed by atoms with Gasteiger partial charge >= 0.3 is 0 Å². The van der Waals surface area contributed by atoms with Crippen LogP contribution in [0.2, 0.25) is 0 Å². The number of thiophene rings is 1. The molecule has 0 amide bonds. The summed E-state index contributed by atoms with van der Waals surface area (Å²) < 4.78 is 5.00. The summed E-state index contributed by atoms with van der Waals surface area (Å²) in [6, 6.07) is 82.9. The van der Waals surface area contributed by atoms with Crippen LogP contribution in [-0.4, -0.2) is 14.5 Å². The maximum Gasteiger partial charge on any atom is 0.160 e. The summed E-state index contributed by atoms with van der Waals surface area (Å²) in [5, 5.41) is 8.45. The smallest absolute Gasteiger partial charge is 0.160 e. The number of nitrogens with zero attached hydrogens (tertiary/aromatic N) is 4. The van der Waals surface area contributed by atoms with Crippen LogP contribution < -0.4 is 4.90 Å². The van der Waals surface area contributed by atoms with Gasteiger partial charge in [-0.3, -0.25) is 0 Å². The Kier molecular flexibility index (Phi) is 8.68. The first-order valence-electron chi connectivity index (χ1n) is 22.0. The Hall–Kier alpha value is -8.38. The zero-order valence-electron chi connectivity index (χ0n) is 35.1. The second kappa shape index (κ2) is 15.2. The summed E-state index contributed by atoms with van der Waals surface area (Å²) in [7, 11) is 0. The molecule has 65 heavy (non-hydrogen) atoms. The Morgan fingerprint density at radius 1 is 0.369 bits per heavy atom. The van der Waals surface area contributed by atoms with Crippen molar-refractivity contribution < 1.29 is 0 Å². The zero-order valence-corrected chi connectivity index (χ0v) is 36.0. The second-order valence-electron chi connectivity index (χ2n) is 16.6. The molecule has 0 saturated heterocycles. The van der Waals surface area contributed by atoms with E-state index in [9.17, 15) is 0 Å². The Bertz CT molecular complexity index is 3950. The lowest BCUT2D eigenvalue weighted by atomic mass is 10.00. The summed E-state index contributed by atoms with van der Waals surface area (Å²) in [5.74, 6) is 0.713. The van der Waals surface area contributed by atoms with E-state index in [-0.39, 0.29) is 0 Å². The van der Waals surface area contributed by atoms with Gasteiger partial charge in [-0.25, -0.2) is 9.97 Å². The number of rotatable bonds is 7. The van der Waals surface area contributed by atoms with Crippen molar-refractivity contribution >= 4 is 92.1 Å². The maximum absolute atomic E-state index is 5.17. The van der Waals surface area contributed by atoms with Gasteiger partial charge in [0.1, 0.15) is 0 Å². The molecule has 10 aromatic carbocycles. The van der Waals surface area contributed by atoms with E-state index in [1.807, 2.05) is 23.5 Å². The molecular weight excluding hydrogens is 809 g/mol. The van der Waals surface area contributed by atoms with Crippen molar-refractivity contribution in [1.29, 1.82) is 0 Å². The quantitative estimate of drug-likeness (QED) is 0.160. The van der Waals surface area contributed by atoms with Crippen LogP contribution >= 0.6 is 11.3 Å². The van der Waals surface area contributed by atoms with Crippen molar-refractivity contribution in [1.82, 2.24) is 14.5 Å². The molecule has 0 aliphatic heterocycles. The van der Waals surface area contributed by atoms with E-state index < -0.39 is 0 Å². The molecule has 0 N–H and O–H groups in total. The minimum absolute atomic E-state index is 0.713. The zero-order chi connectivity index (χ0) is 42.8. The molecule has 13 aromatic rings. The predicted molar refractivity (Wildman–Crippen MR) is 275 cm³/mol. The van der Waals surface area contributed by atoms with Crippen molar-refractivity contribution in [2.45, 2.75) is 0 Å². The molecule has 0 atom stereocenters. The van der Waals surface area contributed by atoms with Gasteiger partial charge in [-0.15, -0.1) is 11.3 Å². The maximum atomic E-state index is 5.17. The molecule has 5 heteroatoms. The van der Waals surface area contributed by atoms with Crippen molar-refractivity contribution in [3.05, 3.63) is 231 Å². The van der Waals surface area contributed by atoms with Crippen LogP contribution in [0.15, 0.2) is 231 Å². The lowest BCUT2D eigenvalue weighted by Crippen LogP contribution is -2.10. The number of fused-ring (bicyclic) bond motifs is 8. The van der Waals surface area contributed by atoms with E-state index >= 15 is 0 Å². The Morgan fingerprint density at radius 3 is 1.91 bits per heavy atom.